The number of hydrogen-bond donors (Lipinski definition) is 0. The lowest BCUT2D eigenvalue weighted by Crippen LogP contribution is -2.37. The van der Waals surface area contributed by atoms with E-state index in [9.17, 15) is 13.2 Å². The Hall–Kier alpha value is -2.05. The number of sulfone groups is 1. The number of para-hydroxylation sites is 1. The molecule has 2 aliphatic rings. The fraction of sp³-hybridized carbons (Fsp3) is 0.278. The van der Waals surface area contributed by atoms with Crippen LogP contribution in [0.4, 0.5) is 10.5 Å². The number of urea groups is 1. The summed E-state index contributed by atoms with van der Waals surface area (Å²) in [6.45, 7) is 0.304. The van der Waals surface area contributed by atoms with Crippen molar-refractivity contribution in [1.82, 2.24) is 4.90 Å². The van der Waals surface area contributed by atoms with Crippen LogP contribution < -0.4 is 4.90 Å². The zero-order chi connectivity index (χ0) is 17.6. The Morgan fingerprint density at radius 2 is 1.60 bits per heavy atom. The number of carbonyl (C=O) groups is 1. The summed E-state index contributed by atoms with van der Waals surface area (Å²) in [5.74, 6) is -0.00544. The van der Waals surface area contributed by atoms with Crippen molar-refractivity contribution in [2.24, 2.45) is 0 Å². The maximum absolute atomic E-state index is 13.1. The van der Waals surface area contributed by atoms with Crippen LogP contribution in [-0.2, 0) is 16.4 Å². The van der Waals surface area contributed by atoms with Crippen molar-refractivity contribution in [3.63, 3.8) is 0 Å². The molecule has 0 aromatic heterocycles. The summed E-state index contributed by atoms with van der Waals surface area (Å²) in [4.78, 5) is 16.3. The normalized spacial score (nSPS) is 24.6. The average Bonchev–Trinajstić information content (AvgIpc) is 3.01. The number of nitrogens with zero attached hydrogens (tertiary/aromatic N) is 2. The van der Waals surface area contributed by atoms with Gasteiger partial charge in [-0.1, -0.05) is 48.0 Å². The van der Waals surface area contributed by atoms with Gasteiger partial charge in [0.25, 0.3) is 0 Å². The van der Waals surface area contributed by atoms with E-state index in [1.807, 2.05) is 48.5 Å². The molecule has 2 aliphatic heterocycles. The number of amides is 2. The minimum absolute atomic E-state index is 0.00266. The molecule has 2 fully saturated rings. The van der Waals surface area contributed by atoms with Gasteiger partial charge < -0.3 is 4.90 Å². The maximum Gasteiger partial charge on any atom is 0.325 e. The minimum atomic E-state index is -3.17. The first-order valence-corrected chi connectivity index (χ1v) is 10.2. The number of hydrogen-bond acceptors (Lipinski definition) is 3. The topological polar surface area (TPSA) is 57.7 Å². The number of anilines is 1. The molecular formula is C18H17ClN2O3S. The zero-order valence-corrected chi connectivity index (χ0v) is 14.9. The standard InChI is InChI=1S/C18H17ClN2O3S/c19-15-9-5-4-6-13(15)10-20-16-11-25(23,24)12-17(16)21(18(20)22)14-7-2-1-3-8-14/h1-9,16-17H,10-12H2/t16-,17-/m0/s1. The smallest absolute Gasteiger partial charge is 0.314 e. The van der Waals surface area contributed by atoms with Gasteiger partial charge in [-0.3, -0.25) is 4.90 Å². The molecule has 0 aliphatic carbocycles. The monoisotopic (exact) mass is 376 g/mol. The van der Waals surface area contributed by atoms with Gasteiger partial charge in [-0.15, -0.1) is 0 Å². The van der Waals surface area contributed by atoms with Crippen LogP contribution in [0, 0.1) is 0 Å². The molecule has 2 aromatic rings. The van der Waals surface area contributed by atoms with E-state index in [4.69, 9.17) is 11.6 Å². The Bertz CT molecular complexity index is 917. The first-order valence-electron chi connectivity index (χ1n) is 8.05. The van der Waals surface area contributed by atoms with E-state index in [1.54, 1.807) is 15.9 Å². The van der Waals surface area contributed by atoms with Crippen LogP contribution >= 0.6 is 11.6 Å². The van der Waals surface area contributed by atoms with Gasteiger partial charge >= 0.3 is 6.03 Å². The molecule has 2 atom stereocenters. The molecular weight excluding hydrogens is 360 g/mol. The summed E-state index contributed by atoms with van der Waals surface area (Å²) in [7, 11) is -3.17. The van der Waals surface area contributed by atoms with Crippen LogP contribution in [0.3, 0.4) is 0 Å². The summed E-state index contributed by atoms with van der Waals surface area (Å²) in [5.41, 5.74) is 1.54. The molecule has 7 heteroatoms. The summed E-state index contributed by atoms with van der Waals surface area (Å²) in [6.07, 6.45) is 0. The highest BCUT2D eigenvalue weighted by Crippen LogP contribution is 2.36. The highest BCUT2D eigenvalue weighted by atomic mass is 35.5. The second kappa shape index (κ2) is 6.04. The molecule has 2 saturated heterocycles. The molecule has 5 nitrogen and oxygen atoms in total. The van der Waals surface area contributed by atoms with E-state index in [0.717, 1.165) is 11.3 Å². The Balaban J connectivity index is 1.72. The number of rotatable bonds is 3. The van der Waals surface area contributed by atoms with Gasteiger partial charge in [0.15, 0.2) is 9.84 Å². The molecule has 130 valence electrons. The molecule has 0 bridgehead atoms. The van der Waals surface area contributed by atoms with Crippen molar-refractivity contribution < 1.29 is 13.2 Å². The molecule has 2 amide bonds. The fourth-order valence-corrected chi connectivity index (χ4v) is 5.81. The number of halogens is 1. The van der Waals surface area contributed by atoms with Crippen LogP contribution in [-0.4, -0.2) is 42.9 Å². The Kier molecular flexibility index (Phi) is 3.96. The molecule has 2 heterocycles. The number of carbonyl (C=O) groups excluding carboxylic acids is 1. The number of fused-ring (bicyclic) bond motifs is 1. The fourth-order valence-electron chi connectivity index (χ4n) is 3.66. The highest BCUT2D eigenvalue weighted by Gasteiger charge is 2.53. The Morgan fingerprint density at radius 3 is 2.32 bits per heavy atom. The maximum atomic E-state index is 13.1. The molecule has 0 radical (unpaired) electrons. The first kappa shape index (κ1) is 16.4. The quantitative estimate of drug-likeness (QED) is 0.774. The van der Waals surface area contributed by atoms with E-state index < -0.39 is 9.84 Å². The van der Waals surface area contributed by atoms with Crippen LogP contribution in [0.2, 0.25) is 5.02 Å². The van der Waals surface area contributed by atoms with Crippen molar-refractivity contribution in [3.8, 4) is 0 Å². The zero-order valence-electron chi connectivity index (χ0n) is 13.4. The van der Waals surface area contributed by atoms with Crippen molar-refractivity contribution in [2.75, 3.05) is 16.4 Å². The second-order valence-electron chi connectivity index (χ2n) is 6.42. The highest BCUT2D eigenvalue weighted by molar-refractivity contribution is 7.91. The predicted molar refractivity (Wildman–Crippen MR) is 97.5 cm³/mol. The minimum Gasteiger partial charge on any atom is -0.314 e. The van der Waals surface area contributed by atoms with Crippen LogP contribution in [0.25, 0.3) is 0 Å². The lowest BCUT2D eigenvalue weighted by atomic mass is 10.1. The van der Waals surface area contributed by atoms with Gasteiger partial charge in [0, 0.05) is 17.3 Å². The van der Waals surface area contributed by atoms with E-state index in [-0.39, 0.29) is 29.6 Å². The van der Waals surface area contributed by atoms with Crippen molar-refractivity contribution >= 4 is 33.2 Å². The largest absolute Gasteiger partial charge is 0.325 e. The summed E-state index contributed by atoms with van der Waals surface area (Å²) in [5, 5.41) is 0.575. The van der Waals surface area contributed by atoms with Gasteiger partial charge in [0.2, 0.25) is 0 Å². The Labute approximate surface area is 151 Å². The summed E-state index contributed by atoms with van der Waals surface area (Å²) >= 11 is 6.23. The predicted octanol–water partition coefficient (Wildman–Crippen LogP) is 2.95. The molecule has 0 N–H and O–H groups in total. The summed E-state index contributed by atoms with van der Waals surface area (Å²) in [6, 6.07) is 15.7. The van der Waals surface area contributed by atoms with E-state index in [1.165, 1.54) is 0 Å². The van der Waals surface area contributed by atoms with Gasteiger partial charge in [-0.25, -0.2) is 13.2 Å². The third kappa shape index (κ3) is 2.89. The average molecular weight is 377 g/mol. The molecule has 0 saturated carbocycles. The number of benzene rings is 2. The molecule has 4 rings (SSSR count). The lowest BCUT2D eigenvalue weighted by molar-refractivity contribution is 0.206. The van der Waals surface area contributed by atoms with Gasteiger partial charge in [0.1, 0.15) is 0 Å². The van der Waals surface area contributed by atoms with E-state index >= 15 is 0 Å². The van der Waals surface area contributed by atoms with E-state index in [2.05, 4.69) is 0 Å². The molecule has 0 unspecified atom stereocenters. The van der Waals surface area contributed by atoms with Crippen molar-refractivity contribution in [1.29, 1.82) is 0 Å². The van der Waals surface area contributed by atoms with E-state index in [0.29, 0.717) is 11.6 Å². The third-order valence-corrected chi connectivity index (χ3v) is 6.88. The first-order chi connectivity index (χ1) is 12.0. The summed E-state index contributed by atoms with van der Waals surface area (Å²) < 4.78 is 24.4. The Morgan fingerprint density at radius 1 is 0.960 bits per heavy atom. The van der Waals surface area contributed by atoms with Gasteiger partial charge in [-0.05, 0) is 23.8 Å². The third-order valence-electron chi connectivity index (χ3n) is 4.81. The van der Waals surface area contributed by atoms with Crippen LogP contribution in [0.15, 0.2) is 54.6 Å². The molecule has 0 spiro atoms. The van der Waals surface area contributed by atoms with Crippen molar-refractivity contribution in [2.45, 2.75) is 18.6 Å². The van der Waals surface area contributed by atoms with Crippen molar-refractivity contribution in [3.05, 3.63) is 65.2 Å². The SMILES string of the molecule is O=C1N(Cc2ccccc2Cl)[C@H]2CS(=O)(=O)C[C@@H]2N1c1ccccc1. The van der Waals surface area contributed by atoms with Crippen LogP contribution in [0.5, 0.6) is 0 Å². The molecule has 2 aromatic carbocycles. The second-order valence-corrected chi connectivity index (χ2v) is 8.98. The van der Waals surface area contributed by atoms with Gasteiger partial charge in [0.05, 0.1) is 23.6 Å². The van der Waals surface area contributed by atoms with Gasteiger partial charge in [-0.2, -0.15) is 0 Å². The molecule has 25 heavy (non-hydrogen) atoms. The van der Waals surface area contributed by atoms with Crippen LogP contribution in [0.1, 0.15) is 5.56 Å². The lowest BCUT2D eigenvalue weighted by Gasteiger charge is -2.23.